The molecule has 3 aromatic rings. The second-order valence-corrected chi connectivity index (χ2v) is 5.59. The van der Waals surface area contributed by atoms with Crippen molar-refractivity contribution in [3.05, 3.63) is 71.2 Å². The lowest BCUT2D eigenvalue weighted by Crippen LogP contribution is -2.11. The standard InChI is InChI=1S/C20H17FO5/c1-2-24-20(23)19-16(15-5-3-4-6-17(15)26-19)12-25-18(22)11-13-7-9-14(21)10-8-13/h3-10H,2,11-12H2,1H3. The van der Waals surface area contributed by atoms with E-state index in [9.17, 15) is 14.0 Å². The number of benzene rings is 2. The highest BCUT2D eigenvalue weighted by Gasteiger charge is 2.22. The molecule has 1 aromatic heterocycles. The van der Waals surface area contributed by atoms with Gasteiger partial charge in [0.1, 0.15) is 18.0 Å². The molecule has 0 aliphatic rings. The second kappa shape index (κ2) is 7.82. The fourth-order valence-electron chi connectivity index (χ4n) is 2.58. The van der Waals surface area contributed by atoms with Crippen molar-refractivity contribution in [1.29, 1.82) is 0 Å². The van der Waals surface area contributed by atoms with Gasteiger partial charge in [-0.15, -0.1) is 0 Å². The zero-order chi connectivity index (χ0) is 18.5. The summed E-state index contributed by atoms with van der Waals surface area (Å²) in [4.78, 5) is 24.2. The van der Waals surface area contributed by atoms with Crippen LogP contribution in [0.15, 0.2) is 52.9 Å². The molecule has 5 nitrogen and oxygen atoms in total. The van der Waals surface area contributed by atoms with Gasteiger partial charge in [-0.25, -0.2) is 9.18 Å². The van der Waals surface area contributed by atoms with Crippen molar-refractivity contribution >= 4 is 22.9 Å². The Morgan fingerprint density at radius 2 is 1.77 bits per heavy atom. The van der Waals surface area contributed by atoms with Crippen LogP contribution < -0.4 is 0 Å². The molecule has 3 rings (SSSR count). The molecule has 0 saturated carbocycles. The molecule has 0 amide bonds. The Balaban J connectivity index is 1.76. The number of carbonyl (C=O) groups excluding carboxylic acids is 2. The Kier molecular flexibility index (Phi) is 5.31. The summed E-state index contributed by atoms with van der Waals surface area (Å²) < 4.78 is 28.8. The van der Waals surface area contributed by atoms with Crippen LogP contribution in [0.25, 0.3) is 11.0 Å². The van der Waals surface area contributed by atoms with E-state index in [4.69, 9.17) is 13.9 Å². The predicted octanol–water partition coefficient (Wildman–Crippen LogP) is 4.03. The number of rotatable bonds is 6. The molecule has 134 valence electrons. The van der Waals surface area contributed by atoms with Crippen LogP contribution in [0.5, 0.6) is 0 Å². The molecule has 26 heavy (non-hydrogen) atoms. The first-order valence-corrected chi connectivity index (χ1v) is 8.16. The first kappa shape index (κ1) is 17.7. The van der Waals surface area contributed by atoms with Gasteiger partial charge in [-0.05, 0) is 30.7 Å². The lowest BCUT2D eigenvalue weighted by Gasteiger charge is -2.06. The van der Waals surface area contributed by atoms with E-state index in [1.807, 2.05) is 0 Å². The van der Waals surface area contributed by atoms with Crippen molar-refractivity contribution in [2.45, 2.75) is 20.0 Å². The van der Waals surface area contributed by atoms with Gasteiger partial charge in [0, 0.05) is 5.39 Å². The highest BCUT2D eigenvalue weighted by Crippen LogP contribution is 2.27. The Morgan fingerprint density at radius 1 is 1.04 bits per heavy atom. The molecule has 2 aromatic carbocycles. The summed E-state index contributed by atoms with van der Waals surface area (Å²) in [6.07, 6.45) is 0.00477. The van der Waals surface area contributed by atoms with Crippen LogP contribution in [-0.4, -0.2) is 18.5 Å². The van der Waals surface area contributed by atoms with E-state index in [2.05, 4.69) is 0 Å². The number of para-hydroxylation sites is 1. The summed E-state index contributed by atoms with van der Waals surface area (Å²) in [6.45, 7) is 1.79. The maximum atomic E-state index is 12.9. The van der Waals surface area contributed by atoms with E-state index in [1.165, 1.54) is 24.3 Å². The molecule has 1 heterocycles. The number of carbonyl (C=O) groups is 2. The van der Waals surface area contributed by atoms with E-state index in [-0.39, 0.29) is 31.2 Å². The number of furan rings is 1. The second-order valence-electron chi connectivity index (χ2n) is 5.59. The van der Waals surface area contributed by atoms with Crippen LogP contribution in [0, 0.1) is 5.82 Å². The quantitative estimate of drug-likeness (QED) is 0.624. The lowest BCUT2D eigenvalue weighted by molar-refractivity contribution is -0.144. The van der Waals surface area contributed by atoms with Crippen LogP contribution in [0.1, 0.15) is 28.6 Å². The molecule has 0 unspecified atom stereocenters. The average Bonchev–Trinajstić information content (AvgIpc) is 3.01. The van der Waals surface area contributed by atoms with Crippen molar-refractivity contribution in [2.24, 2.45) is 0 Å². The van der Waals surface area contributed by atoms with E-state index in [0.29, 0.717) is 22.1 Å². The van der Waals surface area contributed by atoms with Crippen molar-refractivity contribution in [3.8, 4) is 0 Å². The van der Waals surface area contributed by atoms with Gasteiger partial charge in [-0.2, -0.15) is 0 Å². The largest absolute Gasteiger partial charge is 0.460 e. The van der Waals surface area contributed by atoms with Crippen LogP contribution in [0.2, 0.25) is 0 Å². The van der Waals surface area contributed by atoms with Crippen LogP contribution >= 0.6 is 0 Å². The number of hydrogen-bond donors (Lipinski definition) is 0. The molecule has 0 spiro atoms. The number of ether oxygens (including phenoxy) is 2. The van der Waals surface area contributed by atoms with Gasteiger partial charge in [-0.1, -0.05) is 30.3 Å². The minimum Gasteiger partial charge on any atom is -0.460 e. The summed E-state index contributed by atoms with van der Waals surface area (Å²) in [5.74, 6) is -1.43. The maximum Gasteiger partial charge on any atom is 0.374 e. The van der Waals surface area contributed by atoms with Gasteiger partial charge in [0.15, 0.2) is 0 Å². The van der Waals surface area contributed by atoms with Crippen molar-refractivity contribution in [2.75, 3.05) is 6.61 Å². The molecule has 0 radical (unpaired) electrons. The van der Waals surface area contributed by atoms with Gasteiger partial charge in [0.25, 0.3) is 0 Å². The third-order valence-corrected chi connectivity index (χ3v) is 3.80. The minimum absolute atomic E-state index is 0.00477. The Hall–Kier alpha value is -3.15. The number of fused-ring (bicyclic) bond motifs is 1. The van der Waals surface area contributed by atoms with E-state index in [0.717, 1.165) is 0 Å². The molecule has 0 saturated heterocycles. The molecule has 0 bridgehead atoms. The van der Waals surface area contributed by atoms with E-state index < -0.39 is 11.9 Å². The van der Waals surface area contributed by atoms with E-state index >= 15 is 0 Å². The highest BCUT2D eigenvalue weighted by atomic mass is 19.1. The van der Waals surface area contributed by atoms with Gasteiger partial charge in [0.05, 0.1) is 18.6 Å². The minimum atomic E-state index is -0.603. The third kappa shape index (κ3) is 3.91. The molecule has 0 aliphatic heterocycles. The fraction of sp³-hybridized carbons (Fsp3) is 0.200. The Labute approximate surface area is 149 Å². The summed E-state index contributed by atoms with van der Waals surface area (Å²) >= 11 is 0. The molecule has 0 fully saturated rings. The first-order chi connectivity index (χ1) is 12.6. The summed E-state index contributed by atoms with van der Waals surface area (Å²) in [5.41, 5.74) is 1.62. The lowest BCUT2D eigenvalue weighted by atomic mass is 10.1. The smallest absolute Gasteiger partial charge is 0.374 e. The predicted molar refractivity (Wildman–Crippen MR) is 92.1 cm³/mol. The number of esters is 2. The molecule has 0 N–H and O–H groups in total. The fourth-order valence-corrected chi connectivity index (χ4v) is 2.58. The highest BCUT2D eigenvalue weighted by molar-refractivity contribution is 5.96. The molecule has 6 heteroatoms. The number of halogens is 1. The number of hydrogen-bond acceptors (Lipinski definition) is 5. The van der Waals surface area contributed by atoms with Crippen molar-refractivity contribution in [3.63, 3.8) is 0 Å². The maximum absolute atomic E-state index is 12.9. The van der Waals surface area contributed by atoms with Crippen LogP contribution in [0.3, 0.4) is 0 Å². The Morgan fingerprint density at radius 3 is 2.50 bits per heavy atom. The van der Waals surface area contributed by atoms with Crippen LogP contribution in [0.4, 0.5) is 4.39 Å². The topological polar surface area (TPSA) is 65.7 Å². The SMILES string of the molecule is CCOC(=O)c1oc2ccccc2c1COC(=O)Cc1ccc(F)cc1. The first-order valence-electron chi connectivity index (χ1n) is 8.16. The molecule has 0 atom stereocenters. The third-order valence-electron chi connectivity index (χ3n) is 3.80. The van der Waals surface area contributed by atoms with Gasteiger partial charge >= 0.3 is 11.9 Å². The van der Waals surface area contributed by atoms with Crippen molar-refractivity contribution in [1.82, 2.24) is 0 Å². The van der Waals surface area contributed by atoms with Gasteiger partial charge in [-0.3, -0.25) is 4.79 Å². The molecular weight excluding hydrogens is 339 g/mol. The average molecular weight is 356 g/mol. The molecule has 0 aliphatic carbocycles. The van der Waals surface area contributed by atoms with E-state index in [1.54, 1.807) is 31.2 Å². The summed E-state index contributed by atoms with van der Waals surface area (Å²) in [6, 6.07) is 12.7. The zero-order valence-electron chi connectivity index (χ0n) is 14.2. The normalized spacial score (nSPS) is 10.7. The van der Waals surface area contributed by atoms with Gasteiger partial charge < -0.3 is 13.9 Å². The zero-order valence-corrected chi connectivity index (χ0v) is 14.2. The summed E-state index contributed by atoms with van der Waals surface area (Å²) in [5, 5.41) is 0.685. The monoisotopic (exact) mass is 356 g/mol. The van der Waals surface area contributed by atoms with Gasteiger partial charge in [0.2, 0.25) is 5.76 Å². The molecular formula is C20H17FO5. The summed E-state index contributed by atoms with van der Waals surface area (Å²) in [7, 11) is 0. The van der Waals surface area contributed by atoms with Crippen LogP contribution in [-0.2, 0) is 27.3 Å². The van der Waals surface area contributed by atoms with Crippen molar-refractivity contribution < 1.29 is 27.9 Å². The Bertz CT molecular complexity index is 927.